The molecule has 0 atom stereocenters. The minimum Gasteiger partial charge on any atom is -0.409 e. The molecule has 6 heteroatoms. The molecular weight excluding hydrogens is 276 g/mol. The monoisotopic (exact) mass is 300 g/mol. The highest BCUT2D eigenvalue weighted by Crippen LogP contribution is 2.37. The molecule has 0 aliphatic carbocycles. The van der Waals surface area contributed by atoms with E-state index in [2.05, 4.69) is 40.5 Å². The van der Waals surface area contributed by atoms with Crippen LogP contribution < -0.4 is 0 Å². The van der Waals surface area contributed by atoms with Crippen molar-refractivity contribution in [2.75, 3.05) is 0 Å². The van der Waals surface area contributed by atoms with Crippen molar-refractivity contribution in [1.29, 1.82) is 0 Å². The molecule has 1 fully saturated rings. The van der Waals surface area contributed by atoms with Crippen LogP contribution in [0.4, 0.5) is 0 Å². The summed E-state index contributed by atoms with van der Waals surface area (Å²) in [6, 6.07) is 2.56. The molecule has 0 N–H and O–H groups in total. The molecule has 0 unspecified atom stereocenters. The lowest BCUT2D eigenvalue weighted by atomic mass is 11.0. The Hall–Kier alpha value is -0.249. The molecule has 0 aromatic heterocycles. The van der Waals surface area contributed by atoms with Gasteiger partial charge in [0.1, 0.15) is 0 Å². The van der Waals surface area contributed by atoms with Gasteiger partial charge in [-0.15, -0.1) is 19.7 Å². The molecule has 1 heterocycles. The number of rotatable bonds is 6. The molecular formula is C12H24O3Si3. The summed E-state index contributed by atoms with van der Waals surface area (Å²) >= 11 is 0. The molecule has 1 aliphatic rings. The fourth-order valence-corrected chi connectivity index (χ4v) is 17.0. The van der Waals surface area contributed by atoms with Gasteiger partial charge >= 0.3 is 25.7 Å². The minimum atomic E-state index is -2.37. The van der Waals surface area contributed by atoms with Crippen molar-refractivity contribution in [3.05, 3.63) is 36.8 Å². The zero-order valence-corrected chi connectivity index (χ0v) is 14.7. The van der Waals surface area contributed by atoms with Crippen molar-refractivity contribution in [2.45, 2.75) is 38.9 Å². The lowest BCUT2D eigenvalue weighted by Crippen LogP contribution is -2.68. The summed E-state index contributed by atoms with van der Waals surface area (Å²) in [6.07, 6.45) is 0. The molecule has 0 saturated carbocycles. The van der Waals surface area contributed by atoms with Crippen LogP contribution in [0.5, 0.6) is 0 Å². The Labute approximate surface area is 114 Å². The van der Waals surface area contributed by atoms with E-state index in [1.54, 1.807) is 0 Å². The Kier molecular flexibility index (Phi) is 5.10. The van der Waals surface area contributed by atoms with Crippen molar-refractivity contribution in [2.24, 2.45) is 0 Å². The first-order valence-corrected chi connectivity index (χ1v) is 12.8. The fourth-order valence-electron chi connectivity index (χ4n) is 2.06. The van der Waals surface area contributed by atoms with E-state index in [0.29, 0.717) is 0 Å². The molecule has 1 rings (SSSR count). The fraction of sp³-hybridized carbons (Fsp3) is 0.500. The van der Waals surface area contributed by atoms with Gasteiger partial charge in [0, 0.05) is 0 Å². The third kappa shape index (κ3) is 2.68. The van der Waals surface area contributed by atoms with Gasteiger partial charge in [0.2, 0.25) is 0 Å². The highest BCUT2D eigenvalue weighted by atomic mass is 28.5. The van der Waals surface area contributed by atoms with Gasteiger partial charge in [0.05, 0.1) is 0 Å². The second kappa shape index (κ2) is 5.81. The maximum absolute atomic E-state index is 6.30. The van der Waals surface area contributed by atoms with E-state index >= 15 is 0 Å². The predicted octanol–water partition coefficient (Wildman–Crippen LogP) is 3.61. The van der Waals surface area contributed by atoms with Crippen molar-refractivity contribution in [3.8, 4) is 0 Å². The maximum Gasteiger partial charge on any atom is 0.347 e. The van der Waals surface area contributed by atoms with Crippen LogP contribution in [0, 0.1) is 0 Å². The zero-order chi connectivity index (χ0) is 13.9. The topological polar surface area (TPSA) is 27.7 Å². The molecule has 1 saturated heterocycles. The SMILES string of the molecule is C=C[Si]1(CC)O[Si](C=C)(CC)O[Si](C=C)(CC)O1. The quantitative estimate of drug-likeness (QED) is 0.701. The van der Waals surface area contributed by atoms with Crippen LogP contribution >= 0.6 is 0 Å². The van der Waals surface area contributed by atoms with Gasteiger partial charge in [0.15, 0.2) is 0 Å². The van der Waals surface area contributed by atoms with Crippen LogP contribution in [0.2, 0.25) is 18.1 Å². The summed E-state index contributed by atoms with van der Waals surface area (Å²) < 4.78 is 18.9. The zero-order valence-electron chi connectivity index (χ0n) is 11.7. The lowest BCUT2D eigenvalue weighted by Gasteiger charge is -2.50. The van der Waals surface area contributed by atoms with E-state index < -0.39 is 25.7 Å². The van der Waals surface area contributed by atoms with Crippen LogP contribution in [0.25, 0.3) is 0 Å². The van der Waals surface area contributed by atoms with Gasteiger partial charge in [-0.1, -0.05) is 37.9 Å². The number of hydrogen-bond acceptors (Lipinski definition) is 3. The van der Waals surface area contributed by atoms with Crippen LogP contribution in [0.1, 0.15) is 20.8 Å². The number of hydrogen-bond donors (Lipinski definition) is 0. The van der Waals surface area contributed by atoms with Gasteiger partial charge in [-0.2, -0.15) is 0 Å². The summed E-state index contributed by atoms with van der Waals surface area (Å²) in [4.78, 5) is 0. The summed E-state index contributed by atoms with van der Waals surface area (Å²) in [5.41, 5.74) is 5.66. The Morgan fingerprint density at radius 2 is 0.889 bits per heavy atom. The molecule has 0 aromatic rings. The smallest absolute Gasteiger partial charge is 0.347 e. The van der Waals surface area contributed by atoms with Crippen LogP contribution in [-0.2, 0) is 12.3 Å². The highest BCUT2D eigenvalue weighted by molar-refractivity contribution is 6.99. The van der Waals surface area contributed by atoms with Gasteiger partial charge in [-0.3, -0.25) is 0 Å². The molecule has 0 spiro atoms. The highest BCUT2D eigenvalue weighted by Gasteiger charge is 2.57. The van der Waals surface area contributed by atoms with Crippen LogP contribution in [0.15, 0.2) is 36.8 Å². The molecule has 0 bridgehead atoms. The molecule has 0 aromatic carbocycles. The van der Waals surface area contributed by atoms with Crippen molar-refractivity contribution >= 4 is 25.7 Å². The van der Waals surface area contributed by atoms with E-state index in [0.717, 1.165) is 18.1 Å². The molecule has 3 nitrogen and oxygen atoms in total. The van der Waals surface area contributed by atoms with E-state index in [4.69, 9.17) is 12.3 Å². The van der Waals surface area contributed by atoms with E-state index in [1.165, 1.54) is 0 Å². The molecule has 0 amide bonds. The molecule has 102 valence electrons. The minimum absolute atomic E-state index is 0.852. The second-order valence-corrected chi connectivity index (χ2v) is 15.1. The van der Waals surface area contributed by atoms with Gasteiger partial charge in [-0.05, 0) is 18.1 Å². The largest absolute Gasteiger partial charge is 0.409 e. The first-order chi connectivity index (χ1) is 8.49. The molecule has 1 aliphatic heterocycles. The first kappa shape index (κ1) is 15.8. The normalized spacial score (nSPS) is 40.2. The summed E-state index contributed by atoms with van der Waals surface area (Å²) in [6.45, 7) is 18.1. The molecule has 18 heavy (non-hydrogen) atoms. The first-order valence-electron chi connectivity index (χ1n) is 6.50. The summed E-state index contributed by atoms with van der Waals surface area (Å²) in [5, 5.41) is 0. The third-order valence-corrected chi connectivity index (χ3v) is 16.6. The van der Waals surface area contributed by atoms with Crippen LogP contribution in [-0.4, -0.2) is 25.7 Å². The second-order valence-electron chi connectivity index (χ2n) is 4.41. The Morgan fingerprint density at radius 1 is 0.667 bits per heavy atom. The van der Waals surface area contributed by atoms with Gasteiger partial charge < -0.3 is 12.3 Å². The Bertz CT molecular complexity index is 285. The third-order valence-electron chi connectivity index (χ3n) is 3.45. The summed E-state index contributed by atoms with van der Waals surface area (Å²) in [7, 11) is -7.10. The maximum atomic E-state index is 6.30. The predicted molar refractivity (Wildman–Crippen MR) is 82.6 cm³/mol. The van der Waals surface area contributed by atoms with E-state index in [-0.39, 0.29) is 0 Å². The van der Waals surface area contributed by atoms with Gasteiger partial charge in [0.25, 0.3) is 0 Å². The van der Waals surface area contributed by atoms with Crippen molar-refractivity contribution in [1.82, 2.24) is 0 Å². The average Bonchev–Trinajstić information content (AvgIpc) is 2.46. The standard InChI is InChI=1S/C12H24O3Si3/c1-7-16(8-2)13-17(9-3,10-4)15-18(11-5,12-6)14-16/h7,9,11H,1,3,5,8,10,12H2,2,4,6H3. The Morgan fingerprint density at radius 3 is 1.00 bits per heavy atom. The van der Waals surface area contributed by atoms with Crippen LogP contribution in [0.3, 0.4) is 0 Å². The van der Waals surface area contributed by atoms with E-state index in [1.807, 2.05) is 17.1 Å². The van der Waals surface area contributed by atoms with Crippen molar-refractivity contribution in [3.63, 3.8) is 0 Å². The molecule has 0 radical (unpaired) electrons. The summed E-state index contributed by atoms with van der Waals surface area (Å²) in [5.74, 6) is 0. The Balaban J connectivity index is 3.25. The lowest BCUT2D eigenvalue weighted by molar-refractivity contribution is 0.237. The van der Waals surface area contributed by atoms with Crippen molar-refractivity contribution < 1.29 is 12.3 Å². The van der Waals surface area contributed by atoms with Gasteiger partial charge in [-0.25, -0.2) is 0 Å². The average molecular weight is 301 g/mol. The van der Waals surface area contributed by atoms with E-state index in [9.17, 15) is 0 Å².